The number of amides is 1. The summed E-state index contributed by atoms with van der Waals surface area (Å²) in [4.78, 5) is 35.9. The normalized spacial score (nSPS) is 21.9. The minimum Gasteiger partial charge on any atom is -0.480 e. The SMILES string of the molecule is Cc1ccc(C(=O)NC2CC(N(CC(=O)O)CC3CC3)C2)cc1[N+](=O)[O-]. The van der Waals surface area contributed by atoms with E-state index < -0.39 is 10.9 Å². The Bertz CT molecular complexity index is 726. The smallest absolute Gasteiger partial charge is 0.317 e. The van der Waals surface area contributed by atoms with Crippen LogP contribution in [-0.2, 0) is 4.79 Å². The fourth-order valence-corrected chi connectivity index (χ4v) is 3.37. The summed E-state index contributed by atoms with van der Waals surface area (Å²) in [5.74, 6) is -0.551. The van der Waals surface area contributed by atoms with Gasteiger partial charge in [0.05, 0.1) is 11.5 Å². The van der Waals surface area contributed by atoms with E-state index in [0.29, 0.717) is 24.3 Å². The number of benzene rings is 1. The summed E-state index contributed by atoms with van der Waals surface area (Å²) in [6.07, 6.45) is 3.74. The number of nitro benzene ring substituents is 1. The number of hydrogen-bond acceptors (Lipinski definition) is 5. The quantitative estimate of drug-likeness (QED) is 0.541. The average Bonchev–Trinajstić information content (AvgIpc) is 3.33. The summed E-state index contributed by atoms with van der Waals surface area (Å²) in [5, 5.41) is 23.0. The maximum atomic E-state index is 12.3. The highest BCUT2D eigenvalue weighted by Crippen LogP contribution is 2.34. The van der Waals surface area contributed by atoms with Crippen LogP contribution in [0.15, 0.2) is 18.2 Å². The van der Waals surface area contributed by atoms with Crippen LogP contribution in [0.4, 0.5) is 5.69 Å². The van der Waals surface area contributed by atoms with Crippen molar-refractivity contribution >= 4 is 17.6 Å². The van der Waals surface area contributed by atoms with Gasteiger partial charge in [0.15, 0.2) is 0 Å². The lowest BCUT2D eigenvalue weighted by Gasteiger charge is -2.42. The van der Waals surface area contributed by atoms with Crippen LogP contribution in [0.2, 0.25) is 0 Å². The van der Waals surface area contributed by atoms with Crippen molar-refractivity contribution in [3.63, 3.8) is 0 Å². The van der Waals surface area contributed by atoms with Gasteiger partial charge in [-0.05, 0) is 44.6 Å². The highest BCUT2D eigenvalue weighted by molar-refractivity contribution is 5.95. The van der Waals surface area contributed by atoms with Gasteiger partial charge in [-0.25, -0.2) is 0 Å². The number of hydrogen-bond donors (Lipinski definition) is 2. The lowest BCUT2D eigenvalue weighted by molar-refractivity contribution is -0.385. The minimum absolute atomic E-state index is 0.0247. The van der Waals surface area contributed by atoms with Crippen molar-refractivity contribution in [1.82, 2.24) is 10.2 Å². The molecule has 0 spiro atoms. The highest BCUT2D eigenvalue weighted by Gasteiger charge is 2.37. The van der Waals surface area contributed by atoms with Gasteiger partial charge in [-0.2, -0.15) is 0 Å². The van der Waals surface area contributed by atoms with Crippen LogP contribution >= 0.6 is 0 Å². The molecule has 3 rings (SSSR count). The van der Waals surface area contributed by atoms with Gasteiger partial charge in [0.1, 0.15) is 0 Å². The van der Waals surface area contributed by atoms with Crippen LogP contribution in [-0.4, -0.2) is 52.0 Å². The van der Waals surface area contributed by atoms with E-state index in [1.165, 1.54) is 6.07 Å². The molecule has 0 bridgehead atoms. The Morgan fingerprint density at radius 2 is 2.04 bits per heavy atom. The Morgan fingerprint density at radius 1 is 1.35 bits per heavy atom. The first-order valence-corrected chi connectivity index (χ1v) is 8.85. The van der Waals surface area contributed by atoms with Crippen molar-refractivity contribution in [3.05, 3.63) is 39.4 Å². The number of carboxylic acid groups (broad SMARTS) is 1. The van der Waals surface area contributed by atoms with E-state index in [9.17, 15) is 19.7 Å². The maximum absolute atomic E-state index is 12.3. The molecule has 1 aromatic carbocycles. The lowest BCUT2D eigenvalue weighted by atomic mass is 9.85. The molecule has 0 aliphatic heterocycles. The van der Waals surface area contributed by atoms with Gasteiger partial charge in [-0.3, -0.25) is 24.6 Å². The van der Waals surface area contributed by atoms with Crippen LogP contribution < -0.4 is 5.32 Å². The largest absolute Gasteiger partial charge is 0.480 e. The number of carbonyl (C=O) groups is 2. The van der Waals surface area contributed by atoms with Gasteiger partial charge in [0, 0.05) is 35.8 Å². The average molecular weight is 361 g/mol. The third-order valence-electron chi connectivity index (χ3n) is 5.16. The molecule has 2 N–H and O–H groups in total. The van der Waals surface area contributed by atoms with Crippen molar-refractivity contribution in [2.24, 2.45) is 5.92 Å². The molecule has 0 saturated heterocycles. The molecule has 0 radical (unpaired) electrons. The zero-order chi connectivity index (χ0) is 18.8. The van der Waals surface area contributed by atoms with Crippen LogP contribution in [0.1, 0.15) is 41.6 Å². The van der Waals surface area contributed by atoms with Crippen molar-refractivity contribution in [1.29, 1.82) is 0 Å². The Balaban J connectivity index is 1.54. The van der Waals surface area contributed by atoms with E-state index in [4.69, 9.17) is 5.11 Å². The number of nitrogens with one attached hydrogen (secondary N) is 1. The minimum atomic E-state index is -0.829. The summed E-state index contributed by atoms with van der Waals surface area (Å²) in [6, 6.07) is 4.59. The van der Waals surface area contributed by atoms with Gasteiger partial charge in [0.25, 0.3) is 11.6 Å². The van der Waals surface area contributed by atoms with Gasteiger partial charge >= 0.3 is 5.97 Å². The molecule has 140 valence electrons. The first-order chi connectivity index (χ1) is 12.3. The van der Waals surface area contributed by atoms with Gasteiger partial charge < -0.3 is 10.4 Å². The zero-order valence-corrected chi connectivity index (χ0v) is 14.7. The monoisotopic (exact) mass is 361 g/mol. The maximum Gasteiger partial charge on any atom is 0.317 e. The molecule has 1 amide bonds. The van der Waals surface area contributed by atoms with Crippen LogP contribution in [0.3, 0.4) is 0 Å². The lowest BCUT2D eigenvalue weighted by Crippen LogP contribution is -2.55. The Labute approximate surface area is 151 Å². The van der Waals surface area contributed by atoms with Crippen molar-refractivity contribution in [2.45, 2.75) is 44.7 Å². The second-order valence-corrected chi connectivity index (χ2v) is 7.32. The number of nitro groups is 1. The molecule has 0 heterocycles. The predicted molar refractivity (Wildman–Crippen MR) is 94.0 cm³/mol. The molecule has 2 saturated carbocycles. The van der Waals surface area contributed by atoms with E-state index in [2.05, 4.69) is 5.32 Å². The zero-order valence-electron chi connectivity index (χ0n) is 14.7. The van der Waals surface area contributed by atoms with E-state index >= 15 is 0 Å². The summed E-state index contributed by atoms with van der Waals surface area (Å²) < 4.78 is 0. The highest BCUT2D eigenvalue weighted by atomic mass is 16.6. The van der Waals surface area contributed by atoms with Gasteiger partial charge in [-0.15, -0.1) is 0 Å². The summed E-state index contributed by atoms with van der Waals surface area (Å²) >= 11 is 0. The Morgan fingerprint density at radius 3 is 2.62 bits per heavy atom. The summed E-state index contributed by atoms with van der Waals surface area (Å²) in [6.45, 7) is 2.47. The molecule has 2 aliphatic carbocycles. The van der Waals surface area contributed by atoms with E-state index in [-0.39, 0.29) is 35.8 Å². The van der Waals surface area contributed by atoms with E-state index in [1.807, 2.05) is 4.90 Å². The Kier molecular flexibility index (Phi) is 5.22. The molecule has 2 aliphatic rings. The van der Waals surface area contributed by atoms with Crippen molar-refractivity contribution < 1.29 is 19.6 Å². The topological polar surface area (TPSA) is 113 Å². The summed E-state index contributed by atoms with van der Waals surface area (Å²) in [5.41, 5.74) is 0.715. The van der Waals surface area contributed by atoms with Crippen LogP contribution in [0, 0.1) is 23.0 Å². The van der Waals surface area contributed by atoms with Crippen LogP contribution in [0.5, 0.6) is 0 Å². The molecule has 8 nitrogen and oxygen atoms in total. The predicted octanol–water partition coefficient (Wildman–Crippen LogP) is 1.96. The molecule has 0 aromatic heterocycles. The van der Waals surface area contributed by atoms with Gasteiger partial charge in [-0.1, -0.05) is 6.07 Å². The number of carboxylic acids is 1. The number of rotatable bonds is 8. The fourth-order valence-electron chi connectivity index (χ4n) is 3.37. The number of carbonyl (C=O) groups excluding carboxylic acids is 1. The van der Waals surface area contributed by atoms with Crippen molar-refractivity contribution in [2.75, 3.05) is 13.1 Å². The van der Waals surface area contributed by atoms with E-state index in [1.54, 1.807) is 19.1 Å². The van der Waals surface area contributed by atoms with E-state index in [0.717, 1.165) is 19.4 Å². The molecule has 8 heteroatoms. The third-order valence-corrected chi connectivity index (χ3v) is 5.16. The third kappa shape index (κ3) is 4.37. The molecule has 0 unspecified atom stereocenters. The van der Waals surface area contributed by atoms with Gasteiger partial charge in [0.2, 0.25) is 0 Å². The number of aryl methyl sites for hydroxylation is 1. The molecular formula is C18H23N3O5. The molecule has 1 aromatic rings. The first-order valence-electron chi connectivity index (χ1n) is 8.85. The second kappa shape index (κ2) is 7.41. The molecule has 26 heavy (non-hydrogen) atoms. The standard InChI is InChI=1S/C18H23N3O5/c1-11-2-5-13(6-16(11)21(25)26)18(24)19-14-7-15(8-14)20(10-17(22)23)9-12-3-4-12/h2,5-6,12,14-15H,3-4,7-10H2,1H3,(H,19,24)(H,22,23). The Hall–Kier alpha value is -2.48. The second-order valence-electron chi connectivity index (χ2n) is 7.32. The first kappa shape index (κ1) is 18.3. The number of aliphatic carboxylic acids is 1. The molecule has 2 fully saturated rings. The molecular weight excluding hydrogens is 338 g/mol. The van der Waals surface area contributed by atoms with Crippen LogP contribution in [0.25, 0.3) is 0 Å². The summed E-state index contributed by atoms with van der Waals surface area (Å²) in [7, 11) is 0. The number of nitrogens with zero attached hydrogens (tertiary/aromatic N) is 2. The fraction of sp³-hybridized carbons (Fsp3) is 0.556. The molecule has 0 atom stereocenters. The van der Waals surface area contributed by atoms with Crippen molar-refractivity contribution in [3.8, 4) is 0 Å².